The summed E-state index contributed by atoms with van der Waals surface area (Å²) in [5.74, 6) is 0.331. The normalized spacial score (nSPS) is 16.2. The van der Waals surface area contributed by atoms with Gasteiger partial charge >= 0.3 is 0 Å². The molecule has 9 heteroatoms. The number of piperidine rings is 1. The molecule has 25 heavy (non-hydrogen) atoms. The van der Waals surface area contributed by atoms with Gasteiger partial charge in [0.1, 0.15) is 11.6 Å². The predicted molar refractivity (Wildman–Crippen MR) is 95.7 cm³/mol. The monoisotopic (exact) mass is 384 g/mol. The molecule has 0 bridgehead atoms. The first-order valence-corrected chi connectivity index (χ1v) is 10.1. The number of nitrogens with zero attached hydrogens (tertiary/aromatic N) is 3. The van der Waals surface area contributed by atoms with Crippen LogP contribution in [0.4, 0.5) is 10.2 Å². The third-order valence-electron chi connectivity index (χ3n) is 4.04. The Morgan fingerprint density at radius 2 is 1.96 bits per heavy atom. The van der Waals surface area contributed by atoms with Crippen molar-refractivity contribution in [1.82, 2.24) is 14.7 Å². The van der Waals surface area contributed by atoms with Gasteiger partial charge in [0.25, 0.3) is 0 Å². The van der Waals surface area contributed by atoms with Gasteiger partial charge in [-0.1, -0.05) is 11.6 Å². The number of hydrogen-bond donors (Lipinski definition) is 1. The molecule has 3 heterocycles. The highest BCUT2D eigenvalue weighted by Gasteiger charge is 2.23. The van der Waals surface area contributed by atoms with E-state index in [2.05, 4.69) is 19.6 Å². The molecule has 1 N–H and O–H groups in total. The molecule has 3 rings (SSSR count). The van der Waals surface area contributed by atoms with Crippen LogP contribution in [0.15, 0.2) is 30.6 Å². The standard InChI is InChI=1S/C16H18ClFN4O2S/c1-25(23,24)21-12-4-6-22(7-5-12)16-8-13(14(17)10-20-16)15-3-2-11(18)9-19-15/h2-3,8-10,12,21H,4-7H2,1H3. The van der Waals surface area contributed by atoms with Crippen molar-refractivity contribution in [1.29, 1.82) is 0 Å². The van der Waals surface area contributed by atoms with Crippen LogP contribution in [0.3, 0.4) is 0 Å². The first-order chi connectivity index (χ1) is 11.8. The summed E-state index contributed by atoms with van der Waals surface area (Å²) in [6.07, 6.45) is 5.26. The van der Waals surface area contributed by atoms with Crippen LogP contribution >= 0.6 is 11.6 Å². The van der Waals surface area contributed by atoms with Crippen LogP contribution in [0, 0.1) is 5.82 Å². The predicted octanol–water partition coefficient (Wildman–Crippen LogP) is 2.45. The Bertz CT molecular complexity index is 853. The summed E-state index contributed by atoms with van der Waals surface area (Å²) in [5.41, 5.74) is 1.26. The molecular weight excluding hydrogens is 367 g/mol. The molecule has 0 radical (unpaired) electrons. The summed E-state index contributed by atoms with van der Waals surface area (Å²) in [6.45, 7) is 1.36. The highest BCUT2D eigenvalue weighted by Crippen LogP contribution is 2.30. The number of sulfonamides is 1. The largest absolute Gasteiger partial charge is 0.356 e. The van der Waals surface area contributed by atoms with Crippen LogP contribution < -0.4 is 9.62 Å². The van der Waals surface area contributed by atoms with Gasteiger partial charge in [-0.3, -0.25) is 4.98 Å². The van der Waals surface area contributed by atoms with Crippen molar-refractivity contribution in [3.8, 4) is 11.3 Å². The fourth-order valence-electron chi connectivity index (χ4n) is 2.86. The van der Waals surface area contributed by atoms with Gasteiger partial charge in [0.15, 0.2) is 0 Å². The zero-order chi connectivity index (χ0) is 18.0. The summed E-state index contributed by atoms with van der Waals surface area (Å²) in [4.78, 5) is 10.5. The number of anilines is 1. The first kappa shape index (κ1) is 18.0. The topological polar surface area (TPSA) is 75.2 Å². The van der Waals surface area contributed by atoms with Crippen molar-refractivity contribution in [3.05, 3.63) is 41.4 Å². The SMILES string of the molecule is CS(=O)(=O)NC1CCN(c2cc(-c3ccc(F)cn3)c(Cl)cn2)CC1. The van der Waals surface area contributed by atoms with Gasteiger partial charge in [-0.25, -0.2) is 22.5 Å². The molecule has 1 fully saturated rings. The molecule has 1 saturated heterocycles. The van der Waals surface area contributed by atoms with E-state index in [4.69, 9.17) is 11.6 Å². The summed E-state index contributed by atoms with van der Waals surface area (Å²) in [6, 6.07) is 4.67. The van der Waals surface area contributed by atoms with Crippen LogP contribution in [-0.4, -0.2) is 43.8 Å². The minimum atomic E-state index is -3.20. The Kier molecular flexibility index (Phi) is 5.21. The number of hydrogen-bond acceptors (Lipinski definition) is 5. The second-order valence-corrected chi connectivity index (χ2v) is 8.22. The molecule has 0 aromatic carbocycles. The van der Waals surface area contributed by atoms with E-state index >= 15 is 0 Å². The molecule has 2 aromatic rings. The Hall–Kier alpha value is -1.77. The fraction of sp³-hybridized carbons (Fsp3) is 0.375. The summed E-state index contributed by atoms with van der Waals surface area (Å²) in [7, 11) is -3.20. The molecule has 0 aliphatic carbocycles. The van der Waals surface area contributed by atoms with Crippen LogP contribution in [0.2, 0.25) is 5.02 Å². The Morgan fingerprint density at radius 1 is 1.24 bits per heavy atom. The summed E-state index contributed by atoms with van der Waals surface area (Å²) >= 11 is 6.21. The van der Waals surface area contributed by atoms with Gasteiger partial charge in [0.05, 0.1) is 23.2 Å². The van der Waals surface area contributed by atoms with Crippen LogP contribution in [0.5, 0.6) is 0 Å². The van der Waals surface area contributed by atoms with E-state index in [1.54, 1.807) is 12.3 Å². The zero-order valence-corrected chi connectivity index (χ0v) is 15.2. The van der Waals surface area contributed by atoms with E-state index < -0.39 is 15.8 Å². The van der Waals surface area contributed by atoms with E-state index in [1.165, 1.54) is 12.3 Å². The van der Waals surface area contributed by atoms with E-state index in [0.717, 1.165) is 12.0 Å². The molecule has 134 valence electrons. The second-order valence-electron chi connectivity index (χ2n) is 6.04. The molecule has 1 aliphatic heterocycles. The zero-order valence-electron chi connectivity index (χ0n) is 13.6. The smallest absolute Gasteiger partial charge is 0.208 e. The van der Waals surface area contributed by atoms with Gasteiger partial charge in [0, 0.05) is 30.9 Å². The van der Waals surface area contributed by atoms with Crippen molar-refractivity contribution in [2.24, 2.45) is 0 Å². The lowest BCUT2D eigenvalue weighted by Gasteiger charge is -2.33. The number of pyridine rings is 2. The molecule has 0 amide bonds. The lowest BCUT2D eigenvalue weighted by molar-refractivity contribution is 0.460. The van der Waals surface area contributed by atoms with Gasteiger partial charge < -0.3 is 4.90 Å². The molecule has 0 atom stereocenters. The van der Waals surface area contributed by atoms with Gasteiger partial charge in [-0.2, -0.15) is 0 Å². The quantitative estimate of drug-likeness (QED) is 0.876. The van der Waals surface area contributed by atoms with Gasteiger partial charge in [-0.15, -0.1) is 0 Å². The van der Waals surface area contributed by atoms with Crippen LogP contribution in [0.1, 0.15) is 12.8 Å². The highest BCUT2D eigenvalue weighted by atomic mass is 35.5. The van der Waals surface area contributed by atoms with E-state index in [-0.39, 0.29) is 6.04 Å². The molecule has 2 aromatic heterocycles. The van der Waals surface area contributed by atoms with Gasteiger partial charge in [-0.05, 0) is 31.0 Å². The van der Waals surface area contributed by atoms with Gasteiger partial charge in [0.2, 0.25) is 10.0 Å². The lowest BCUT2D eigenvalue weighted by atomic mass is 10.1. The second kappa shape index (κ2) is 7.23. The Labute approximate surface area is 151 Å². The van der Waals surface area contributed by atoms with Crippen molar-refractivity contribution in [2.45, 2.75) is 18.9 Å². The number of rotatable bonds is 4. The maximum absolute atomic E-state index is 13.1. The average molecular weight is 385 g/mol. The third kappa shape index (κ3) is 4.65. The number of aromatic nitrogens is 2. The molecule has 0 spiro atoms. The number of halogens is 2. The van der Waals surface area contributed by atoms with Crippen molar-refractivity contribution < 1.29 is 12.8 Å². The summed E-state index contributed by atoms with van der Waals surface area (Å²) < 4.78 is 38.4. The molecule has 1 aliphatic rings. The Morgan fingerprint density at radius 3 is 2.56 bits per heavy atom. The first-order valence-electron chi connectivity index (χ1n) is 7.81. The highest BCUT2D eigenvalue weighted by molar-refractivity contribution is 7.88. The average Bonchev–Trinajstić information content (AvgIpc) is 2.56. The molecule has 6 nitrogen and oxygen atoms in total. The third-order valence-corrected chi connectivity index (χ3v) is 5.11. The summed E-state index contributed by atoms with van der Waals surface area (Å²) in [5, 5.41) is 0.441. The lowest BCUT2D eigenvalue weighted by Crippen LogP contribution is -2.44. The minimum Gasteiger partial charge on any atom is -0.356 e. The van der Waals surface area contributed by atoms with E-state index in [0.29, 0.717) is 42.2 Å². The molecular formula is C16H18ClFN4O2S. The van der Waals surface area contributed by atoms with Crippen molar-refractivity contribution in [2.75, 3.05) is 24.2 Å². The maximum atomic E-state index is 13.1. The Balaban J connectivity index is 1.76. The van der Waals surface area contributed by atoms with Crippen molar-refractivity contribution in [3.63, 3.8) is 0 Å². The van der Waals surface area contributed by atoms with Crippen molar-refractivity contribution >= 4 is 27.4 Å². The van der Waals surface area contributed by atoms with Crippen LogP contribution in [-0.2, 0) is 10.0 Å². The minimum absolute atomic E-state index is 0.0585. The van der Waals surface area contributed by atoms with E-state index in [9.17, 15) is 12.8 Å². The van der Waals surface area contributed by atoms with E-state index in [1.807, 2.05) is 6.07 Å². The number of nitrogens with one attached hydrogen (secondary N) is 1. The maximum Gasteiger partial charge on any atom is 0.208 e. The molecule has 0 saturated carbocycles. The fourth-order valence-corrected chi connectivity index (χ4v) is 3.90. The molecule has 0 unspecified atom stereocenters. The van der Waals surface area contributed by atoms with Crippen LogP contribution in [0.25, 0.3) is 11.3 Å².